The van der Waals surface area contributed by atoms with Gasteiger partial charge in [0.25, 0.3) is 0 Å². The molecule has 0 bridgehead atoms. The van der Waals surface area contributed by atoms with E-state index in [0.717, 1.165) is 0 Å². The van der Waals surface area contributed by atoms with Crippen LogP contribution in [-0.2, 0) is 0 Å². The summed E-state index contributed by atoms with van der Waals surface area (Å²) < 4.78 is 0. The van der Waals surface area contributed by atoms with E-state index in [1.165, 1.54) is 164 Å². The SMILES string of the molecule is c1ccc(-c2c(-c3ccccc3)c(-c3ccc(-c4c5ccccc5c(-c5cccc6ccccc56)c5ccccc45)cc3)c3ccccc3c2-c2ccc(-c3c4ccccc4c(-c4cccc5ccccc45)c4ccccc34)cc2)cc1. The molecule has 380 valence electrons. The molecule has 16 rings (SSSR count). The highest BCUT2D eigenvalue weighted by Gasteiger charge is 2.26. The molecule has 0 amide bonds. The molecule has 16 aromatic rings. The molecule has 0 aliphatic heterocycles. The van der Waals surface area contributed by atoms with E-state index >= 15 is 0 Å². The number of rotatable bonds is 8. The Bertz CT molecular complexity index is 4710. The molecule has 16 aromatic carbocycles. The Balaban J connectivity index is 0.896. The molecule has 0 aliphatic rings. The van der Waals surface area contributed by atoms with E-state index in [0.29, 0.717) is 0 Å². The third-order valence-corrected chi connectivity index (χ3v) is 17.2. The maximum absolute atomic E-state index is 2.37. The van der Waals surface area contributed by atoms with Crippen LogP contribution in [0, 0.1) is 0 Å². The van der Waals surface area contributed by atoms with Crippen LogP contribution in [0.5, 0.6) is 0 Å². The largest absolute Gasteiger partial charge is 0.0622 e. The third kappa shape index (κ3) is 7.61. The van der Waals surface area contributed by atoms with Gasteiger partial charge in [-0.1, -0.05) is 315 Å². The molecule has 0 spiro atoms. The van der Waals surface area contributed by atoms with Crippen molar-refractivity contribution in [3.05, 3.63) is 315 Å². The maximum Gasteiger partial charge on any atom is -0.00141 e. The van der Waals surface area contributed by atoms with Crippen LogP contribution in [0.15, 0.2) is 315 Å². The molecule has 0 heterocycles. The summed E-state index contributed by atoms with van der Waals surface area (Å²) in [5, 5.41) is 17.4. The summed E-state index contributed by atoms with van der Waals surface area (Å²) in [6.07, 6.45) is 0. The van der Waals surface area contributed by atoms with Gasteiger partial charge >= 0.3 is 0 Å². The van der Waals surface area contributed by atoms with Gasteiger partial charge in [0.15, 0.2) is 0 Å². The van der Waals surface area contributed by atoms with Gasteiger partial charge in [-0.25, -0.2) is 0 Å². The van der Waals surface area contributed by atoms with E-state index in [-0.39, 0.29) is 0 Å². The van der Waals surface area contributed by atoms with Gasteiger partial charge in [0.2, 0.25) is 0 Å². The summed E-state index contributed by atoms with van der Waals surface area (Å²) in [6.45, 7) is 0. The maximum atomic E-state index is 2.37. The summed E-state index contributed by atoms with van der Waals surface area (Å²) in [7, 11) is 0. The monoisotopic (exact) mass is 1040 g/mol. The molecular formula is C82H52. The first-order valence-corrected chi connectivity index (χ1v) is 28.5. The fourth-order valence-electron chi connectivity index (χ4n) is 13.8. The van der Waals surface area contributed by atoms with Crippen molar-refractivity contribution in [3.8, 4) is 89.0 Å². The Morgan fingerprint density at radius 2 is 0.317 bits per heavy atom. The lowest BCUT2D eigenvalue weighted by molar-refractivity contribution is 1.56. The van der Waals surface area contributed by atoms with Gasteiger partial charge in [0.1, 0.15) is 0 Å². The van der Waals surface area contributed by atoms with Crippen molar-refractivity contribution in [2.45, 2.75) is 0 Å². The molecule has 0 saturated heterocycles. The highest BCUT2D eigenvalue weighted by atomic mass is 14.3. The fourth-order valence-corrected chi connectivity index (χ4v) is 13.8. The minimum Gasteiger partial charge on any atom is -0.0622 e. The summed E-state index contributed by atoms with van der Waals surface area (Å²) in [6, 6.07) is 117. The Hall–Kier alpha value is -10.7. The minimum atomic E-state index is 1.17. The van der Waals surface area contributed by atoms with Gasteiger partial charge in [-0.15, -0.1) is 0 Å². The average molecular weight is 1040 g/mol. The molecule has 0 radical (unpaired) electrons. The molecule has 0 heteroatoms. The van der Waals surface area contributed by atoms with E-state index in [4.69, 9.17) is 0 Å². The van der Waals surface area contributed by atoms with Crippen molar-refractivity contribution in [2.24, 2.45) is 0 Å². The molecular weight excluding hydrogens is 985 g/mol. The Morgan fingerprint density at radius 1 is 0.110 bits per heavy atom. The van der Waals surface area contributed by atoms with E-state index < -0.39 is 0 Å². The van der Waals surface area contributed by atoms with Crippen molar-refractivity contribution in [3.63, 3.8) is 0 Å². The predicted octanol–water partition coefficient (Wildman–Crippen LogP) is 23.1. The third-order valence-electron chi connectivity index (χ3n) is 17.2. The summed E-state index contributed by atoms with van der Waals surface area (Å²) in [4.78, 5) is 0. The van der Waals surface area contributed by atoms with Gasteiger partial charge in [-0.2, -0.15) is 0 Å². The van der Waals surface area contributed by atoms with Crippen LogP contribution in [-0.4, -0.2) is 0 Å². The van der Waals surface area contributed by atoms with Crippen molar-refractivity contribution in [1.82, 2.24) is 0 Å². The Kier molecular flexibility index (Phi) is 11.3. The highest BCUT2D eigenvalue weighted by molar-refractivity contribution is 6.26. The first-order valence-electron chi connectivity index (χ1n) is 28.5. The normalized spacial score (nSPS) is 11.7. The number of hydrogen-bond acceptors (Lipinski definition) is 0. The van der Waals surface area contributed by atoms with Crippen LogP contribution in [0.2, 0.25) is 0 Å². The van der Waals surface area contributed by atoms with Crippen LogP contribution in [0.4, 0.5) is 0 Å². The minimum absolute atomic E-state index is 1.17. The fraction of sp³-hybridized carbons (Fsp3) is 0. The summed E-state index contributed by atoms with van der Waals surface area (Å²) >= 11 is 0. The highest BCUT2D eigenvalue weighted by Crippen LogP contribution is 2.53. The van der Waals surface area contributed by atoms with Gasteiger partial charge in [-0.05, 0) is 164 Å². The Morgan fingerprint density at radius 3 is 0.622 bits per heavy atom. The molecule has 0 atom stereocenters. The molecule has 0 unspecified atom stereocenters. The topological polar surface area (TPSA) is 0 Å². The van der Waals surface area contributed by atoms with Crippen LogP contribution >= 0.6 is 0 Å². The summed E-state index contributed by atoms with van der Waals surface area (Å²) in [5.74, 6) is 0. The van der Waals surface area contributed by atoms with Gasteiger partial charge in [0.05, 0.1) is 0 Å². The second kappa shape index (κ2) is 19.6. The van der Waals surface area contributed by atoms with Crippen molar-refractivity contribution in [1.29, 1.82) is 0 Å². The standard InChI is InChI=1S/C82H52/c1-3-25-55(26-4-1)79-77(59-49-45-57(46-50-59)75-65-33-11-17-39-71(65)81(72-40-18-12-34-66(72)75)63-43-21-29-53-23-7-9-31-61(53)63)69-37-15-16-38-70(69)78(80(79)56-27-5-2-6-28-56)60-51-47-58(48-52-60)76-67-35-13-19-41-73(67)82(74-42-20-14-36-68(74)76)64-44-22-30-54-24-8-10-32-62(54)64/h1-52H. The van der Waals surface area contributed by atoms with E-state index in [1.807, 2.05) is 0 Å². The van der Waals surface area contributed by atoms with Gasteiger partial charge in [-0.3, -0.25) is 0 Å². The molecule has 0 nitrogen and oxygen atoms in total. The smallest absolute Gasteiger partial charge is 0.00141 e. The molecule has 0 saturated carbocycles. The van der Waals surface area contributed by atoms with Crippen molar-refractivity contribution in [2.75, 3.05) is 0 Å². The quantitative estimate of drug-likeness (QED) is 0.133. The van der Waals surface area contributed by atoms with E-state index in [1.54, 1.807) is 0 Å². The molecule has 82 heavy (non-hydrogen) atoms. The van der Waals surface area contributed by atoms with Crippen molar-refractivity contribution >= 4 is 75.4 Å². The predicted molar refractivity (Wildman–Crippen MR) is 352 cm³/mol. The molecule has 0 aromatic heterocycles. The average Bonchev–Trinajstić information content (AvgIpc) is 3.70. The zero-order chi connectivity index (χ0) is 54.1. The number of benzene rings is 16. The first-order chi connectivity index (χ1) is 40.7. The van der Waals surface area contributed by atoms with Crippen molar-refractivity contribution < 1.29 is 0 Å². The Labute approximate surface area is 477 Å². The zero-order valence-electron chi connectivity index (χ0n) is 45.0. The van der Waals surface area contributed by atoms with E-state index in [9.17, 15) is 0 Å². The molecule has 0 fully saturated rings. The number of hydrogen-bond donors (Lipinski definition) is 0. The van der Waals surface area contributed by atoms with Crippen LogP contribution in [0.25, 0.3) is 164 Å². The zero-order valence-corrected chi connectivity index (χ0v) is 45.0. The first kappa shape index (κ1) is 47.3. The molecule has 0 N–H and O–H groups in total. The second-order valence-electron chi connectivity index (χ2n) is 21.7. The lowest BCUT2D eigenvalue weighted by Crippen LogP contribution is -1.98. The van der Waals surface area contributed by atoms with Crippen LogP contribution in [0.3, 0.4) is 0 Å². The van der Waals surface area contributed by atoms with E-state index in [2.05, 4.69) is 315 Å². The van der Waals surface area contributed by atoms with Gasteiger partial charge < -0.3 is 0 Å². The lowest BCUT2D eigenvalue weighted by Gasteiger charge is -2.24. The lowest BCUT2D eigenvalue weighted by atomic mass is 9.78. The van der Waals surface area contributed by atoms with Crippen LogP contribution < -0.4 is 0 Å². The second-order valence-corrected chi connectivity index (χ2v) is 21.7. The summed E-state index contributed by atoms with van der Waals surface area (Å²) in [5.41, 5.74) is 19.5. The molecule has 0 aliphatic carbocycles. The van der Waals surface area contributed by atoms with Gasteiger partial charge in [0, 0.05) is 0 Å². The van der Waals surface area contributed by atoms with Crippen LogP contribution in [0.1, 0.15) is 0 Å². The number of fused-ring (bicyclic) bond motifs is 7.